The summed E-state index contributed by atoms with van der Waals surface area (Å²) >= 11 is 0. The molecule has 0 bridgehead atoms. The van der Waals surface area contributed by atoms with Crippen LogP contribution in [0.2, 0.25) is 0 Å². The first kappa shape index (κ1) is 16.7. The lowest BCUT2D eigenvalue weighted by molar-refractivity contribution is -0.130. The highest BCUT2D eigenvalue weighted by atomic mass is 32.2. The zero-order chi connectivity index (χ0) is 17.0. The monoisotopic (exact) mass is 348 g/mol. The number of hydrogen-bond acceptors (Lipinski definition) is 4. The molecule has 1 saturated heterocycles. The van der Waals surface area contributed by atoms with Gasteiger partial charge in [-0.25, -0.2) is 13.4 Å². The van der Waals surface area contributed by atoms with Gasteiger partial charge in [0.25, 0.3) is 10.0 Å². The Bertz CT molecular complexity index is 775. The quantitative estimate of drug-likeness (QED) is 0.888. The van der Waals surface area contributed by atoms with Gasteiger partial charge in [-0.3, -0.25) is 4.79 Å². The number of rotatable bonds is 4. The molecule has 1 aliphatic rings. The minimum absolute atomic E-state index is 0.0296. The standard InChI is InChI=1S/C16H20N4O3S/c21-16(11-14-5-2-1-3-6-14)19-7-4-8-20(10-9-19)24(22,23)15-12-17-13-18-15/h1-3,5-6,12-13H,4,7-11H2,(H,17,18). The van der Waals surface area contributed by atoms with Crippen LogP contribution in [0.1, 0.15) is 12.0 Å². The number of amides is 1. The maximum absolute atomic E-state index is 12.5. The summed E-state index contributed by atoms with van der Waals surface area (Å²) in [4.78, 5) is 20.6. The number of carbonyl (C=O) groups is 1. The first-order valence-corrected chi connectivity index (χ1v) is 9.31. The molecule has 24 heavy (non-hydrogen) atoms. The molecule has 0 atom stereocenters. The van der Waals surface area contributed by atoms with Crippen LogP contribution in [0, 0.1) is 0 Å². The van der Waals surface area contributed by atoms with Crippen LogP contribution in [0.25, 0.3) is 0 Å². The Kier molecular flexibility index (Phi) is 4.96. The van der Waals surface area contributed by atoms with Crippen LogP contribution in [0.5, 0.6) is 0 Å². The van der Waals surface area contributed by atoms with Crippen molar-refractivity contribution in [3.8, 4) is 0 Å². The van der Waals surface area contributed by atoms with Gasteiger partial charge < -0.3 is 9.88 Å². The first-order valence-electron chi connectivity index (χ1n) is 7.87. The number of hydrogen-bond donors (Lipinski definition) is 1. The second-order valence-corrected chi connectivity index (χ2v) is 7.62. The third kappa shape index (κ3) is 3.65. The fraction of sp³-hybridized carbons (Fsp3) is 0.375. The Morgan fingerprint density at radius 1 is 1.12 bits per heavy atom. The van der Waals surface area contributed by atoms with Crippen molar-refractivity contribution in [2.24, 2.45) is 0 Å². The van der Waals surface area contributed by atoms with Crippen LogP contribution in [0.15, 0.2) is 47.9 Å². The first-order chi connectivity index (χ1) is 11.6. The van der Waals surface area contributed by atoms with Crippen molar-refractivity contribution < 1.29 is 13.2 Å². The lowest BCUT2D eigenvalue weighted by Gasteiger charge is -2.21. The number of nitrogens with one attached hydrogen (secondary N) is 1. The Hall–Kier alpha value is -2.19. The molecule has 0 unspecified atom stereocenters. The Morgan fingerprint density at radius 3 is 2.62 bits per heavy atom. The Labute approximate surface area is 141 Å². The van der Waals surface area contributed by atoms with Gasteiger partial charge in [0, 0.05) is 26.2 Å². The van der Waals surface area contributed by atoms with Crippen LogP contribution < -0.4 is 0 Å². The average Bonchev–Trinajstić information content (AvgIpc) is 3.00. The summed E-state index contributed by atoms with van der Waals surface area (Å²) in [6.45, 7) is 1.66. The lowest BCUT2D eigenvalue weighted by atomic mass is 10.1. The van der Waals surface area contributed by atoms with E-state index in [0.29, 0.717) is 39.0 Å². The predicted octanol–water partition coefficient (Wildman–Crippen LogP) is 0.875. The summed E-state index contributed by atoms with van der Waals surface area (Å²) in [6.07, 6.45) is 3.61. The van der Waals surface area contributed by atoms with Crippen LogP contribution >= 0.6 is 0 Å². The van der Waals surface area contributed by atoms with E-state index in [0.717, 1.165) is 5.56 Å². The van der Waals surface area contributed by atoms with Crippen molar-refractivity contribution in [1.82, 2.24) is 19.2 Å². The van der Waals surface area contributed by atoms with Gasteiger partial charge in [-0.2, -0.15) is 4.31 Å². The number of aromatic amines is 1. The van der Waals surface area contributed by atoms with Crippen LogP contribution in [0.3, 0.4) is 0 Å². The minimum Gasteiger partial charge on any atom is -0.341 e. The molecular weight excluding hydrogens is 328 g/mol. The van der Waals surface area contributed by atoms with Crippen LogP contribution in [0.4, 0.5) is 0 Å². The summed E-state index contributed by atoms with van der Waals surface area (Å²) in [5.74, 6) is 0.0296. The number of nitrogens with zero attached hydrogens (tertiary/aromatic N) is 3. The largest absolute Gasteiger partial charge is 0.341 e. The molecule has 1 aliphatic heterocycles. The topological polar surface area (TPSA) is 86.4 Å². The highest BCUT2D eigenvalue weighted by molar-refractivity contribution is 7.89. The second kappa shape index (κ2) is 7.14. The molecule has 3 rings (SSSR count). The minimum atomic E-state index is -3.57. The van der Waals surface area contributed by atoms with Crippen molar-refractivity contribution in [3.05, 3.63) is 48.4 Å². The van der Waals surface area contributed by atoms with E-state index >= 15 is 0 Å². The van der Waals surface area contributed by atoms with E-state index in [4.69, 9.17) is 0 Å². The SMILES string of the molecule is O=C(Cc1ccccc1)N1CCCN(S(=O)(=O)c2cnc[nH]2)CC1. The molecule has 2 heterocycles. The highest BCUT2D eigenvalue weighted by Gasteiger charge is 2.29. The molecule has 128 valence electrons. The van der Waals surface area contributed by atoms with E-state index in [2.05, 4.69) is 9.97 Å². The van der Waals surface area contributed by atoms with E-state index < -0.39 is 10.0 Å². The predicted molar refractivity (Wildman–Crippen MR) is 88.7 cm³/mol. The number of carbonyl (C=O) groups excluding carboxylic acids is 1. The van der Waals surface area contributed by atoms with Gasteiger partial charge in [0.15, 0.2) is 5.03 Å². The zero-order valence-corrected chi connectivity index (χ0v) is 14.1. The maximum Gasteiger partial charge on any atom is 0.260 e. The van der Waals surface area contributed by atoms with Gasteiger partial charge in [0.05, 0.1) is 18.9 Å². The van der Waals surface area contributed by atoms with Crippen molar-refractivity contribution in [2.75, 3.05) is 26.2 Å². The van der Waals surface area contributed by atoms with Gasteiger partial charge in [0.2, 0.25) is 5.91 Å². The Morgan fingerprint density at radius 2 is 1.92 bits per heavy atom. The van der Waals surface area contributed by atoms with E-state index in [1.807, 2.05) is 30.3 Å². The maximum atomic E-state index is 12.5. The van der Waals surface area contributed by atoms with Gasteiger partial charge in [-0.15, -0.1) is 0 Å². The fourth-order valence-electron chi connectivity index (χ4n) is 2.79. The van der Waals surface area contributed by atoms with Crippen molar-refractivity contribution in [1.29, 1.82) is 0 Å². The number of sulfonamides is 1. The summed E-state index contributed by atoms with van der Waals surface area (Å²) < 4.78 is 26.5. The third-order valence-corrected chi connectivity index (χ3v) is 5.92. The smallest absolute Gasteiger partial charge is 0.260 e. The number of benzene rings is 1. The molecule has 0 radical (unpaired) electrons. The number of H-pyrrole nitrogens is 1. The van der Waals surface area contributed by atoms with Crippen molar-refractivity contribution >= 4 is 15.9 Å². The van der Waals surface area contributed by atoms with Gasteiger partial charge in [0.1, 0.15) is 0 Å². The molecule has 1 amide bonds. The second-order valence-electron chi connectivity index (χ2n) is 5.72. The van der Waals surface area contributed by atoms with Crippen LogP contribution in [-0.4, -0.2) is 59.7 Å². The highest BCUT2D eigenvalue weighted by Crippen LogP contribution is 2.15. The molecule has 1 N–H and O–H groups in total. The molecule has 1 aromatic carbocycles. The van der Waals surface area contributed by atoms with Crippen LogP contribution in [-0.2, 0) is 21.2 Å². The summed E-state index contributed by atoms with van der Waals surface area (Å²) in [7, 11) is -3.57. The van der Waals surface area contributed by atoms with E-state index in [-0.39, 0.29) is 10.9 Å². The summed E-state index contributed by atoms with van der Waals surface area (Å²) in [5, 5.41) is 0.0894. The zero-order valence-electron chi connectivity index (χ0n) is 13.3. The summed E-state index contributed by atoms with van der Waals surface area (Å²) in [6, 6.07) is 9.57. The number of aromatic nitrogens is 2. The Balaban J connectivity index is 1.64. The van der Waals surface area contributed by atoms with E-state index in [1.165, 1.54) is 16.8 Å². The van der Waals surface area contributed by atoms with Crippen molar-refractivity contribution in [3.63, 3.8) is 0 Å². The van der Waals surface area contributed by atoms with Crippen molar-refractivity contribution in [2.45, 2.75) is 17.9 Å². The molecule has 1 fully saturated rings. The van der Waals surface area contributed by atoms with Gasteiger partial charge >= 0.3 is 0 Å². The molecule has 7 nitrogen and oxygen atoms in total. The average molecular weight is 348 g/mol. The molecule has 0 spiro atoms. The van der Waals surface area contributed by atoms with E-state index in [9.17, 15) is 13.2 Å². The fourth-order valence-corrected chi connectivity index (χ4v) is 4.15. The molecular formula is C16H20N4O3S. The molecule has 2 aromatic rings. The lowest BCUT2D eigenvalue weighted by Crippen LogP contribution is -2.38. The normalized spacial score (nSPS) is 16.8. The number of imidazole rings is 1. The van der Waals surface area contributed by atoms with Gasteiger partial charge in [-0.05, 0) is 12.0 Å². The molecule has 8 heteroatoms. The molecule has 1 aromatic heterocycles. The molecule has 0 saturated carbocycles. The molecule has 0 aliphatic carbocycles. The van der Waals surface area contributed by atoms with Gasteiger partial charge in [-0.1, -0.05) is 30.3 Å². The van der Waals surface area contributed by atoms with E-state index in [1.54, 1.807) is 4.90 Å². The third-order valence-electron chi connectivity index (χ3n) is 4.10. The summed E-state index contributed by atoms with van der Waals surface area (Å²) in [5.41, 5.74) is 0.966.